The summed E-state index contributed by atoms with van der Waals surface area (Å²) in [6.45, 7) is 6.49. The maximum absolute atomic E-state index is 4.35. The average molecular weight is 315 g/mol. The minimum Gasteiger partial charge on any atom is -0.351 e. The van der Waals surface area contributed by atoms with Gasteiger partial charge in [-0.2, -0.15) is 0 Å². The molecule has 1 aliphatic rings. The van der Waals surface area contributed by atoms with Crippen LogP contribution in [0.1, 0.15) is 20.3 Å². The monoisotopic (exact) mass is 315 g/mol. The van der Waals surface area contributed by atoms with Crippen LogP contribution in [0, 0.1) is 3.57 Å². The molecule has 0 aliphatic carbocycles. The highest BCUT2D eigenvalue weighted by Gasteiger charge is 2.16. The van der Waals surface area contributed by atoms with Gasteiger partial charge in [0.2, 0.25) is 0 Å². The maximum Gasteiger partial charge on any atom is 0.145 e. The summed E-state index contributed by atoms with van der Waals surface area (Å²) in [7, 11) is 0. The Labute approximate surface area is 104 Å². The second-order valence-electron chi connectivity index (χ2n) is 3.93. The zero-order chi connectivity index (χ0) is 10.8. The van der Waals surface area contributed by atoms with E-state index in [4.69, 9.17) is 0 Å². The van der Waals surface area contributed by atoms with Crippen molar-refractivity contribution in [1.29, 1.82) is 0 Å². The van der Waals surface area contributed by atoms with Crippen LogP contribution in [0.15, 0.2) is 23.7 Å². The zero-order valence-corrected chi connectivity index (χ0v) is 11.2. The van der Waals surface area contributed by atoms with Crippen molar-refractivity contribution in [3.05, 3.63) is 27.2 Å². The molecular formula is C11H14IN3. The second kappa shape index (κ2) is 4.47. The van der Waals surface area contributed by atoms with Crippen molar-refractivity contribution >= 4 is 28.4 Å². The summed E-state index contributed by atoms with van der Waals surface area (Å²) >= 11 is 2.29. The molecule has 4 heteroatoms. The molecule has 0 saturated carbocycles. The first-order valence-electron chi connectivity index (χ1n) is 5.04. The normalized spacial score (nSPS) is 17.1. The largest absolute Gasteiger partial charge is 0.351 e. The van der Waals surface area contributed by atoms with E-state index in [-0.39, 0.29) is 0 Å². The molecule has 0 aromatic carbocycles. The van der Waals surface area contributed by atoms with Crippen molar-refractivity contribution in [2.24, 2.45) is 0 Å². The van der Waals surface area contributed by atoms with Gasteiger partial charge in [-0.3, -0.25) is 0 Å². The number of hydrogen-bond donors (Lipinski definition) is 0. The van der Waals surface area contributed by atoms with Gasteiger partial charge < -0.3 is 4.90 Å². The van der Waals surface area contributed by atoms with E-state index in [0.29, 0.717) is 0 Å². The van der Waals surface area contributed by atoms with Crippen molar-refractivity contribution in [1.82, 2.24) is 9.97 Å². The molecule has 0 spiro atoms. The first-order chi connectivity index (χ1) is 7.18. The SMILES string of the molecule is CC1=C(C)CN(c2ncncc2I)CC1. The van der Waals surface area contributed by atoms with Gasteiger partial charge in [-0.15, -0.1) is 0 Å². The van der Waals surface area contributed by atoms with Crippen LogP contribution < -0.4 is 4.90 Å². The number of hydrogen-bond acceptors (Lipinski definition) is 3. The van der Waals surface area contributed by atoms with Crippen molar-refractivity contribution in [2.45, 2.75) is 20.3 Å². The molecule has 0 saturated heterocycles. The van der Waals surface area contributed by atoms with Crippen LogP contribution in [0.2, 0.25) is 0 Å². The lowest BCUT2D eigenvalue weighted by Crippen LogP contribution is -2.32. The second-order valence-corrected chi connectivity index (χ2v) is 5.09. The quantitative estimate of drug-likeness (QED) is 0.589. The van der Waals surface area contributed by atoms with E-state index >= 15 is 0 Å². The number of aromatic nitrogens is 2. The van der Waals surface area contributed by atoms with E-state index in [1.54, 1.807) is 6.33 Å². The van der Waals surface area contributed by atoms with E-state index in [0.717, 1.165) is 28.9 Å². The third kappa shape index (κ3) is 2.30. The summed E-state index contributed by atoms with van der Waals surface area (Å²) in [5.74, 6) is 1.07. The van der Waals surface area contributed by atoms with E-state index in [2.05, 4.69) is 51.3 Å². The Morgan fingerprint density at radius 1 is 1.33 bits per heavy atom. The van der Waals surface area contributed by atoms with Crippen LogP contribution >= 0.6 is 22.6 Å². The summed E-state index contributed by atoms with van der Waals surface area (Å²) in [5.41, 5.74) is 2.99. The maximum atomic E-state index is 4.35. The minimum absolute atomic E-state index is 0.999. The molecule has 0 amide bonds. The number of anilines is 1. The minimum atomic E-state index is 0.999. The molecule has 0 unspecified atom stereocenters. The number of halogens is 1. The van der Waals surface area contributed by atoms with Crippen LogP contribution in [0.4, 0.5) is 5.82 Å². The van der Waals surface area contributed by atoms with Gasteiger partial charge in [-0.1, -0.05) is 11.1 Å². The van der Waals surface area contributed by atoms with Gasteiger partial charge in [0, 0.05) is 19.3 Å². The van der Waals surface area contributed by atoms with Gasteiger partial charge in [0.25, 0.3) is 0 Å². The highest BCUT2D eigenvalue weighted by Crippen LogP contribution is 2.24. The van der Waals surface area contributed by atoms with Gasteiger partial charge in [0.15, 0.2) is 0 Å². The van der Waals surface area contributed by atoms with Gasteiger partial charge in [0.1, 0.15) is 12.1 Å². The Morgan fingerprint density at radius 2 is 2.13 bits per heavy atom. The fourth-order valence-corrected chi connectivity index (χ4v) is 2.38. The topological polar surface area (TPSA) is 29.0 Å². The van der Waals surface area contributed by atoms with Gasteiger partial charge in [0.05, 0.1) is 3.57 Å². The molecule has 1 aromatic heterocycles. The highest BCUT2D eigenvalue weighted by molar-refractivity contribution is 14.1. The lowest BCUT2D eigenvalue weighted by molar-refractivity contribution is 0.742. The molecule has 0 radical (unpaired) electrons. The van der Waals surface area contributed by atoms with E-state index in [1.165, 1.54) is 11.1 Å². The smallest absolute Gasteiger partial charge is 0.145 e. The van der Waals surface area contributed by atoms with Gasteiger partial charge in [-0.05, 0) is 42.9 Å². The first kappa shape index (κ1) is 10.9. The highest BCUT2D eigenvalue weighted by atomic mass is 127. The van der Waals surface area contributed by atoms with Crippen molar-refractivity contribution < 1.29 is 0 Å². The lowest BCUT2D eigenvalue weighted by atomic mass is 10.0. The number of rotatable bonds is 1. The Balaban J connectivity index is 2.24. The average Bonchev–Trinajstić information content (AvgIpc) is 2.23. The zero-order valence-electron chi connectivity index (χ0n) is 9.00. The third-order valence-electron chi connectivity index (χ3n) is 2.86. The summed E-state index contributed by atoms with van der Waals surface area (Å²) in [4.78, 5) is 10.7. The predicted octanol–water partition coefficient (Wildman–Crippen LogP) is 2.63. The molecule has 2 heterocycles. The van der Waals surface area contributed by atoms with E-state index < -0.39 is 0 Å². The summed E-state index contributed by atoms with van der Waals surface area (Å²) < 4.78 is 1.13. The molecule has 0 bridgehead atoms. The standard InChI is InChI=1S/C11H14IN3/c1-8-3-4-15(6-9(8)2)11-10(12)5-13-7-14-11/h5,7H,3-4,6H2,1-2H3. The third-order valence-corrected chi connectivity index (χ3v) is 3.62. The molecule has 80 valence electrons. The van der Waals surface area contributed by atoms with E-state index in [9.17, 15) is 0 Å². The molecule has 0 atom stereocenters. The Bertz CT molecular complexity index is 401. The lowest BCUT2D eigenvalue weighted by Gasteiger charge is -2.30. The molecule has 0 N–H and O–H groups in total. The summed E-state index contributed by atoms with van der Waals surface area (Å²) in [5, 5.41) is 0. The predicted molar refractivity (Wildman–Crippen MR) is 70.0 cm³/mol. The molecule has 1 aromatic rings. The number of nitrogens with zero attached hydrogens (tertiary/aromatic N) is 3. The van der Waals surface area contributed by atoms with Crippen LogP contribution in [0.25, 0.3) is 0 Å². The molecular weight excluding hydrogens is 301 g/mol. The van der Waals surface area contributed by atoms with Crippen molar-refractivity contribution in [3.8, 4) is 0 Å². The Hall–Kier alpha value is -0.650. The molecule has 15 heavy (non-hydrogen) atoms. The van der Waals surface area contributed by atoms with Gasteiger partial charge >= 0.3 is 0 Å². The van der Waals surface area contributed by atoms with Crippen LogP contribution in [0.5, 0.6) is 0 Å². The van der Waals surface area contributed by atoms with Crippen LogP contribution in [-0.4, -0.2) is 23.1 Å². The summed E-state index contributed by atoms with van der Waals surface area (Å²) in [6, 6.07) is 0. The van der Waals surface area contributed by atoms with Crippen LogP contribution in [0.3, 0.4) is 0 Å². The Morgan fingerprint density at radius 3 is 2.80 bits per heavy atom. The molecule has 2 rings (SSSR count). The van der Waals surface area contributed by atoms with Crippen molar-refractivity contribution in [2.75, 3.05) is 18.0 Å². The molecule has 1 aliphatic heterocycles. The Kier molecular flexibility index (Phi) is 3.23. The first-order valence-corrected chi connectivity index (χ1v) is 6.12. The molecule has 3 nitrogen and oxygen atoms in total. The fourth-order valence-electron chi connectivity index (χ4n) is 1.74. The van der Waals surface area contributed by atoms with Crippen molar-refractivity contribution in [3.63, 3.8) is 0 Å². The fraction of sp³-hybridized carbons (Fsp3) is 0.455. The summed E-state index contributed by atoms with van der Waals surface area (Å²) in [6.07, 6.45) is 4.63. The van der Waals surface area contributed by atoms with E-state index in [1.807, 2.05) is 6.20 Å². The van der Waals surface area contributed by atoms with Crippen LogP contribution in [-0.2, 0) is 0 Å². The molecule has 0 fully saturated rings. The van der Waals surface area contributed by atoms with Gasteiger partial charge in [-0.25, -0.2) is 9.97 Å².